The molecule has 0 aromatic carbocycles. The van der Waals surface area contributed by atoms with E-state index in [9.17, 15) is 0 Å². The minimum absolute atomic E-state index is 0.399. The molecule has 0 heterocycles. The topological polar surface area (TPSA) is 20.2 Å². The second kappa shape index (κ2) is 4.94. The van der Waals surface area contributed by atoms with Gasteiger partial charge in [-0.05, 0) is 5.54 Å². The van der Waals surface area contributed by atoms with E-state index in [-0.39, 0.29) is 0 Å². The fraction of sp³-hybridized carbons (Fsp3) is 1.00. The van der Waals surface area contributed by atoms with Crippen LogP contribution >= 0.6 is 0 Å². The molecule has 0 aliphatic rings. The van der Waals surface area contributed by atoms with Crippen LogP contribution in [0.2, 0.25) is 25.2 Å². The number of unbranched alkanes of at least 4 members (excludes halogenated alkanes) is 1. The monoisotopic (exact) mass is 174 g/mol. The van der Waals surface area contributed by atoms with Crippen molar-refractivity contribution in [3.05, 3.63) is 0 Å². The van der Waals surface area contributed by atoms with Gasteiger partial charge < -0.3 is 5.11 Å². The van der Waals surface area contributed by atoms with Crippen LogP contribution in [0.5, 0.6) is 0 Å². The third-order valence-electron chi connectivity index (χ3n) is 2.35. The Morgan fingerprint density at radius 1 is 1.27 bits per heavy atom. The first-order valence-corrected chi connectivity index (χ1v) is 8.21. The Kier molecular flexibility index (Phi) is 5.02. The Bertz CT molecular complexity index is 96.2. The van der Waals surface area contributed by atoms with Crippen molar-refractivity contribution in [2.75, 3.05) is 6.61 Å². The van der Waals surface area contributed by atoms with Gasteiger partial charge in [-0.2, -0.15) is 0 Å². The molecule has 0 saturated heterocycles. The molecule has 0 spiro atoms. The number of aliphatic hydroxyl groups excluding tert-OH is 1. The minimum Gasteiger partial charge on any atom is -0.396 e. The molecule has 1 N–H and O–H groups in total. The van der Waals surface area contributed by atoms with Crippen LogP contribution < -0.4 is 0 Å². The zero-order chi connectivity index (χ0) is 8.91. The highest BCUT2D eigenvalue weighted by Gasteiger charge is 2.24. The fourth-order valence-corrected chi connectivity index (χ4v) is 2.87. The van der Waals surface area contributed by atoms with Gasteiger partial charge in [0.05, 0.1) is 0 Å². The van der Waals surface area contributed by atoms with Crippen LogP contribution in [-0.2, 0) is 0 Å². The van der Waals surface area contributed by atoms with Crippen LogP contribution in [0.1, 0.15) is 26.2 Å². The summed E-state index contributed by atoms with van der Waals surface area (Å²) in [5, 5.41) is 9.12. The van der Waals surface area contributed by atoms with Crippen molar-refractivity contribution in [1.29, 1.82) is 0 Å². The van der Waals surface area contributed by atoms with Gasteiger partial charge in [-0.25, -0.2) is 0 Å². The molecule has 0 aliphatic carbocycles. The van der Waals surface area contributed by atoms with E-state index in [1.54, 1.807) is 0 Å². The maximum atomic E-state index is 9.12. The molecular formula is C9H22OSi. The summed E-state index contributed by atoms with van der Waals surface area (Å²) >= 11 is 0. The van der Waals surface area contributed by atoms with Gasteiger partial charge >= 0.3 is 0 Å². The number of hydrogen-bond acceptors (Lipinski definition) is 1. The summed E-state index contributed by atoms with van der Waals surface area (Å²) in [7, 11) is -1.07. The van der Waals surface area contributed by atoms with Crippen molar-refractivity contribution in [3.63, 3.8) is 0 Å². The molecule has 11 heavy (non-hydrogen) atoms. The highest BCUT2D eigenvalue weighted by atomic mass is 28.3. The van der Waals surface area contributed by atoms with E-state index in [0.29, 0.717) is 12.1 Å². The van der Waals surface area contributed by atoms with Gasteiger partial charge in [-0.15, -0.1) is 0 Å². The molecule has 0 amide bonds. The lowest BCUT2D eigenvalue weighted by atomic mass is 10.2. The quantitative estimate of drug-likeness (QED) is 0.635. The van der Waals surface area contributed by atoms with Crippen molar-refractivity contribution >= 4 is 8.07 Å². The van der Waals surface area contributed by atoms with Gasteiger partial charge in [0.25, 0.3) is 0 Å². The molecule has 1 nitrogen and oxygen atoms in total. The normalized spacial score (nSPS) is 15.0. The predicted octanol–water partition coefficient (Wildman–Crippen LogP) is 2.88. The third kappa shape index (κ3) is 4.59. The van der Waals surface area contributed by atoms with Crippen LogP contribution in [0.4, 0.5) is 0 Å². The number of hydrogen-bond donors (Lipinski definition) is 1. The summed E-state index contributed by atoms with van der Waals surface area (Å²) in [5.74, 6) is 0. The van der Waals surface area contributed by atoms with E-state index in [0.717, 1.165) is 0 Å². The lowest BCUT2D eigenvalue weighted by Gasteiger charge is -2.26. The van der Waals surface area contributed by atoms with Gasteiger partial charge in [0.2, 0.25) is 0 Å². The minimum atomic E-state index is -1.07. The summed E-state index contributed by atoms with van der Waals surface area (Å²) in [6.45, 7) is 9.62. The first-order valence-electron chi connectivity index (χ1n) is 4.63. The molecule has 0 aliphatic heterocycles. The lowest BCUT2D eigenvalue weighted by molar-refractivity contribution is 0.279. The van der Waals surface area contributed by atoms with Gasteiger partial charge in [0.15, 0.2) is 0 Å². The molecule has 0 saturated carbocycles. The summed E-state index contributed by atoms with van der Waals surface area (Å²) < 4.78 is 0. The first-order chi connectivity index (χ1) is 5.02. The highest BCUT2D eigenvalue weighted by molar-refractivity contribution is 6.77. The molecule has 0 aromatic heterocycles. The number of rotatable bonds is 5. The van der Waals surface area contributed by atoms with E-state index in [4.69, 9.17) is 5.11 Å². The fourth-order valence-electron chi connectivity index (χ4n) is 1.25. The molecule has 68 valence electrons. The van der Waals surface area contributed by atoms with Crippen molar-refractivity contribution < 1.29 is 5.11 Å². The molecule has 1 unspecified atom stereocenters. The standard InChI is InChI=1S/C9H22OSi/c1-5-6-7-9(8-10)11(2,3)4/h9-10H,5-8H2,1-4H3. The van der Waals surface area contributed by atoms with E-state index in [1.807, 2.05) is 0 Å². The van der Waals surface area contributed by atoms with E-state index in [1.165, 1.54) is 19.3 Å². The zero-order valence-electron chi connectivity index (χ0n) is 8.35. The van der Waals surface area contributed by atoms with Gasteiger partial charge in [-0.1, -0.05) is 45.8 Å². The summed E-state index contributed by atoms with van der Waals surface area (Å²) in [6, 6.07) is 0. The van der Waals surface area contributed by atoms with Crippen LogP contribution in [0, 0.1) is 0 Å². The molecular weight excluding hydrogens is 152 g/mol. The molecule has 0 aromatic rings. The lowest BCUT2D eigenvalue weighted by Crippen LogP contribution is -2.30. The van der Waals surface area contributed by atoms with E-state index in [2.05, 4.69) is 26.6 Å². The smallest absolute Gasteiger partial charge is 0.0500 e. The third-order valence-corrected chi connectivity index (χ3v) is 5.27. The summed E-state index contributed by atoms with van der Waals surface area (Å²) in [4.78, 5) is 0. The zero-order valence-corrected chi connectivity index (χ0v) is 9.35. The second-order valence-electron chi connectivity index (χ2n) is 4.39. The van der Waals surface area contributed by atoms with E-state index >= 15 is 0 Å². The molecule has 2 heteroatoms. The second-order valence-corrected chi connectivity index (χ2v) is 9.94. The van der Waals surface area contributed by atoms with Crippen molar-refractivity contribution in [3.8, 4) is 0 Å². The van der Waals surface area contributed by atoms with Crippen LogP contribution in [-0.4, -0.2) is 19.8 Å². The average Bonchev–Trinajstić information content (AvgIpc) is 1.87. The molecule has 0 rings (SSSR count). The van der Waals surface area contributed by atoms with Crippen LogP contribution in [0.15, 0.2) is 0 Å². The Labute approximate surface area is 71.8 Å². The maximum Gasteiger partial charge on any atom is 0.0500 e. The molecule has 1 atom stereocenters. The molecule has 0 radical (unpaired) electrons. The largest absolute Gasteiger partial charge is 0.396 e. The van der Waals surface area contributed by atoms with Crippen molar-refractivity contribution in [1.82, 2.24) is 0 Å². The highest BCUT2D eigenvalue weighted by Crippen LogP contribution is 2.26. The first kappa shape index (κ1) is 11.2. The SMILES string of the molecule is CCCCC(CO)[Si](C)(C)C. The summed E-state index contributed by atoms with van der Waals surface area (Å²) in [5.41, 5.74) is 0.613. The molecule has 0 bridgehead atoms. The average molecular weight is 174 g/mol. The summed E-state index contributed by atoms with van der Waals surface area (Å²) in [6.07, 6.45) is 3.75. The molecule has 0 fully saturated rings. The number of aliphatic hydroxyl groups is 1. The Morgan fingerprint density at radius 3 is 2.09 bits per heavy atom. The Hall–Kier alpha value is 0.177. The van der Waals surface area contributed by atoms with Crippen LogP contribution in [0.25, 0.3) is 0 Å². The van der Waals surface area contributed by atoms with Gasteiger partial charge in [-0.3, -0.25) is 0 Å². The Balaban J connectivity index is 3.76. The predicted molar refractivity (Wildman–Crippen MR) is 53.7 cm³/mol. The van der Waals surface area contributed by atoms with E-state index < -0.39 is 8.07 Å². The van der Waals surface area contributed by atoms with Crippen molar-refractivity contribution in [2.24, 2.45) is 0 Å². The van der Waals surface area contributed by atoms with Crippen molar-refractivity contribution in [2.45, 2.75) is 51.4 Å². The maximum absolute atomic E-state index is 9.12. The van der Waals surface area contributed by atoms with Gasteiger partial charge in [0.1, 0.15) is 0 Å². The van der Waals surface area contributed by atoms with Gasteiger partial charge in [0, 0.05) is 14.7 Å². The Morgan fingerprint density at radius 2 is 1.82 bits per heavy atom. The van der Waals surface area contributed by atoms with Crippen LogP contribution in [0.3, 0.4) is 0 Å².